The third-order valence-electron chi connectivity index (χ3n) is 2.91. The number of hydrogen-bond acceptors (Lipinski definition) is 6. The normalized spacial score (nSPS) is 11.9. The number of amides is 1. The highest BCUT2D eigenvalue weighted by Crippen LogP contribution is 2.20. The molecule has 1 aromatic carbocycles. The predicted octanol–water partition coefficient (Wildman–Crippen LogP) is 0.483. The number of aromatic nitrogens is 1. The van der Waals surface area contributed by atoms with Crippen LogP contribution in [0.5, 0.6) is 0 Å². The molecule has 2 aromatic rings. The van der Waals surface area contributed by atoms with E-state index in [9.17, 15) is 9.59 Å². The molecule has 110 valence electrons. The summed E-state index contributed by atoms with van der Waals surface area (Å²) in [5.74, 6) is -0.791. The molecule has 1 amide bonds. The van der Waals surface area contributed by atoms with E-state index in [4.69, 9.17) is 15.9 Å². The topological polar surface area (TPSA) is 121 Å². The third kappa shape index (κ3) is 3.46. The van der Waals surface area contributed by atoms with Gasteiger partial charge in [0, 0.05) is 5.56 Å². The molecule has 4 N–H and O–H groups in total. The number of rotatable bonds is 5. The molecule has 1 atom stereocenters. The van der Waals surface area contributed by atoms with Crippen molar-refractivity contribution in [3.05, 3.63) is 41.8 Å². The number of benzene rings is 1. The van der Waals surface area contributed by atoms with Crippen molar-refractivity contribution >= 4 is 11.9 Å². The number of carbonyl (C=O) groups is 2. The van der Waals surface area contributed by atoms with Crippen molar-refractivity contribution < 1.29 is 18.7 Å². The van der Waals surface area contributed by atoms with Crippen LogP contribution in [0, 0.1) is 0 Å². The fourth-order valence-corrected chi connectivity index (χ4v) is 1.74. The molecule has 0 fully saturated rings. The summed E-state index contributed by atoms with van der Waals surface area (Å²) < 4.78 is 9.84. The van der Waals surface area contributed by atoms with Gasteiger partial charge in [0.2, 0.25) is 17.6 Å². The molecule has 0 saturated heterocycles. The summed E-state index contributed by atoms with van der Waals surface area (Å²) in [6.45, 7) is 0. The Morgan fingerprint density at radius 3 is 2.57 bits per heavy atom. The summed E-state index contributed by atoms with van der Waals surface area (Å²) in [6, 6.07) is 6.38. The molecule has 2 rings (SSSR count). The first-order valence-electron chi connectivity index (χ1n) is 6.19. The van der Waals surface area contributed by atoms with E-state index in [2.05, 4.69) is 9.72 Å². The van der Waals surface area contributed by atoms with Crippen molar-refractivity contribution in [1.29, 1.82) is 0 Å². The number of primary amides is 1. The van der Waals surface area contributed by atoms with Gasteiger partial charge in [-0.3, -0.25) is 4.79 Å². The van der Waals surface area contributed by atoms with E-state index in [0.717, 1.165) is 5.56 Å². The fourth-order valence-electron chi connectivity index (χ4n) is 1.74. The highest BCUT2D eigenvalue weighted by Gasteiger charge is 2.14. The maximum atomic E-state index is 11.3. The average Bonchev–Trinajstić information content (AvgIpc) is 2.97. The van der Waals surface area contributed by atoms with Crippen LogP contribution in [0.2, 0.25) is 0 Å². The summed E-state index contributed by atoms with van der Waals surface area (Å²) in [6.07, 6.45) is 1.66. The molecular formula is C14H15N3O4. The molecule has 1 aromatic heterocycles. The highest BCUT2D eigenvalue weighted by molar-refractivity contribution is 5.86. The molecule has 0 saturated carbocycles. The van der Waals surface area contributed by atoms with E-state index in [0.29, 0.717) is 17.9 Å². The molecule has 0 aliphatic rings. The molecule has 21 heavy (non-hydrogen) atoms. The molecule has 0 unspecified atom stereocenters. The second kappa shape index (κ2) is 6.19. The number of nitrogens with zero attached hydrogens (tertiary/aromatic N) is 1. The molecule has 0 bridgehead atoms. The van der Waals surface area contributed by atoms with Gasteiger partial charge in [-0.15, -0.1) is 0 Å². The number of hydrogen-bond donors (Lipinski definition) is 2. The van der Waals surface area contributed by atoms with Gasteiger partial charge in [0.25, 0.3) is 0 Å². The van der Waals surface area contributed by atoms with E-state index in [1.54, 1.807) is 24.3 Å². The summed E-state index contributed by atoms with van der Waals surface area (Å²) in [5.41, 5.74) is 12.3. The van der Waals surface area contributed by atoms with Gasteiger partial charge in [-0.2, -0.15) is 0 Å². The highest BCUT2D eigenvalue weighted by atomic mass is 16.5. The van der Waals surface area contributed by atoms with Crippen LogP contribution in [0.25, 0.3) is 11.5 Å². The Hall–Kier alpha value is -2.67. The maximum Gasteiger partial charge on any atom is 0.375 e. The summed E-state index contributed by atoms with van der Waals surface area (Å²) in [4.78, 5) is 26.2. The minimum absolute atomic E-state index is 0.0346. The van der Waals surface area contributed by atoms with E-state index in [1.807, 2.05) is 0 Å². The first kappa shape index (κ1) is 14.7. The monoisotopic (exact) mass is 289 g/mol. The molecule has 7 nitrogen and oxygen atoms in total. The number of esters is 1. The van der Waals surface area contributed by atoms with Crippen LogP contribution < -0.4 is 11.5 Å². The van der Waals surface area contributed by atoms with Crippen molar-refractivity contribution in [1.82, 2.24) is 4.98 Å². The number of methoxy groups -OCH3 is 1. The lowest BCUT2D eigenvalue weighted by atomic mass is 10.0. The Morgan fingerprint density at radius 1 is 1.33 bits per heavy atom. The van der Waals surface area contributed by atoms with Crippen LogP contribution in [0.1, 0.15) is 16.1 Å². The zero-order valence-electron chi connectivity index (χ0n) is 11.4. The SMILES string of the molecule is COC(=O)c1cnc(-c2ccc(C[C@H](N)C(N)=O)cc2)o1. The lowest BCUT2D eigenvalue weighted by Crippen LogP contribution is -2.38. The first-order valence-corrected chi connectivity index (χ1v) is 6.19. The lowest BCUT2D eigenvalue weighted by molar-refractivity contribution is -0.119. The Morgan fingerprint density at radius 2 is 2.00 bits per heavy atom. The van der Waals surface area contributed by atoms with E-state index < -0.39 is 17.9 Å². The first-order chi connectivity index (χ1) is 10.0. The van der Waals surface area contributed by atoms with Gasteiger partial charge in [0.05, 0.1) is 19.3 Å². The van der Waals surface area contributed by atoms with Gasteiger partial charge in [-0.25, -0.2) is 9.78 Å². The molecule has 0 radical (unpaired) electrons. The van der Waals surface area contributed by atoms with Crippen LogP contribution >= 0.6 is 0 Å². The molecule has 0 aliphatic heterocycles. The molecule has 1 heterocycles. The van der Waals surface area contributed by atoms with Crippen LogP contribution in [0.3, 0.4) is 0 Å². The smallest absolute Gasteiger partial charge is 0.375 e. The summed E-state index contributed by atoms with van der Waals surface area (Å²) >= 11 is 0. The van der Waals surface area contributed by atoms with Gasteiger partial charge in [0.15, 0.2) is 0 Å². The maximum absolute atomic E-state index is 11.3. The van der Waals surface area contributed by atoms with Crippen molar-refractivity contribution in [2.75, 3.05) is 7.11 Å². The van der Waals surface area contributed by atoms with Gasteiger partial charge in [-0.1, -0.05) is 12.1 Å². The van der Waals surface area contributed by atoms with Crippen molar-refractivity contribution in [2.45, 2.75) is 12.5 Å². The molecular weight excluding hydrogens is 274 g/mol. The minimum Gasteiger partial charge on any atom is -0.463 e. The zero-order valence-corrected chi connectivity index (χ0v) is 11.4. The fraction of sp³-hybridized carbons (Fsp3) is 0.214. The van der Waals surface area contributed by atoms with E-state index in [1.165, 1.54) is 13.3 Å². The van der Waals surface area contributed by atoms with E-state index in [-0.39, 0.29) is 5.76 Å². The number of nitrogens with two attached hydrogens (primary N) is 2. The largest absolute Gasteiger partial charge is 0.463 e. The second-order valence-corrected chi connectivity index (χ2v) is 4.43. The molecule has 0 aliphatic carbocycles. The van der Waals surface area contributed by atoms with Crippen LogP contribution in [0.15, 0.2) is 34.9 Å². The quantitative estimate of drug-likeness (QED) is 0.772. The Kier molecular flexibility index (Phi) is 4.34. The van der Waals surface area contributed by atoms with Crippen molar-refractivity contribution in [3.63, 3.8) is 0 Å². The van der Waals surface area contributed by atoms with Crippen LogP contribution in [-0.4, -0.2) is 30.0 Å². The Bertz CT molecular complexity index is 648. The summed E-state index contributed by atoms with van der Waals surface area (Å²) in [5, 5.41) is 0. The van der Waals surface area contributed by atoms with Crippen LogP contribution in [0.4, 0.5) is 0 Å². The van der Waals surface area contributed by atoms with E-state index >= 15 is 0 Å². The number of oxazole rings is 1. The molecule has 0 spiro atoms. The lowest BCUT2D eigenvalue weighted by Gasteiger charge is -2.07. The van der Waals surface area contributed by atoms with Gasteiger partial charge in [-0.05, 0) is 24.1 Å². The minimum atomic E-state index is -0.719. The number of carbonyl (C=O) groups excluding carboxylic acids is 2. The van der Waals surface area contributed by atoms with Crippen molar-refractivity contribution in [2.24, 2.45) is 11.5 Å². The third-order valence-corrected chi connectivity index (χ3v) is 2.91. The number of ether oxygens (including phenoxy) is 1. The standard InChI is InChI=1S/C14H15N3O4/c1-20-14(19)11-7-17-13(21-11)9-4-2-8(3-5-9)6-10(15)12(16)18/h2-5,7,10H,6,15H2,1H3,(H2,16,18)/t10-/m0/s1. The van der Waals surface area contributed by atoms with Gasteiger partial charge in [0.1, 0.15) is 0 Å². The predicted molar refractivity (Wildman–Crippen MR) is 74.2 cm³/mol. The van der Waals surface area contributed by atoms with Crippen LogP contribution in [-0.2, 0) is 16.0 Å². The Labute approximate surface area is 120 Å². The van der Waals surface area contributed by atoms with Gasteiger partial charge >= 0.3 is 5.97 Å². The average molecular weight is 289 g/mol. The zero-order chi connectivity index (χ0) is 15.4. The van der Waals surface area contributed by atoms with Gasteiger partial charge < -0.3 is 20.6 Å². The van der Waals surface area contributed by atoms with Crippen molar-refractivity contribution in [3.8, 4) is 11.5 Å². The second-order valence-electron chi connectivity index (χ2n) is 4.43. The Balaban J connectivity index is 2.13. The molecule has 7 heteroatoms. The summed E-state index contributed by atoms with van der Waals surface area (Å²) in [7, 11) is 1.27.